The smallest absolute Gasteiger partial charge is 0.272 e. The zero-order valence-corrected chi connectivity index (χ0v) is 12.8. The quantitative estimate of drug-likeness (QED) is 0.752. The Kier molecular flexibility index (Phi) is 3.79. The van der Waals surface area contributed by atoms with E-state index in [1.54, 1.807) is 24.0 Å². The first-order valence-corrected chi connectivity index (χ1v) is 7.81. The van der Waals surface area contributed by atoms with Crippen LogP contribution in [0.1, 0.15) is 23.9 Å². The van der Waals surface area contributed by atoms with Gasteiger partial charge in [0.15, 0.2) is 5.65 Å². The van der Waals surface area contributed by atoms with Crippen LogP contribution in [-0.2, 0) is 12.2 Å². The predicted molar refractivity (Wildman–Crippen MR) is 83.7 cm³/mol. The van der Waals surface area contributed by atoms with E-state index in [1.165, 1.54) is 4.52 Å². The highest BCUT2D eigenvalue weighted by molar-refractivity contribution is 7.98. The van der Waals surface area contributed by atoms with Crippen LogP contribution in [0, 0.1) is 6.92 Å². The van der Waals surface area contributed by atoms with Crippen molar-refractivity contribution in [2.24, 2.45) is 0 Å². The van der Waals surface area contributed by atoms with Crippen LogP contribution in [0.25, 0.3) is 5.65 Å². The molecular weight excluding hydrogens is 284 g/mol. The average molecular weight is 300 g/mol. The van der Waals surface area contributed by atoms with Crippen molar-refractivity contribution < 1.29 is 0 Å². The van der Waals surface area contributed by atoms with Crippen LogP contribution >= 0.6 is 11.8 Å². The Bertz CT molecular complexity index is 823. The largest absolute Gasteiger partial charge is 0.294 e. The number of fused-ring (bicyclic) bond motifs is 1. The highest BCUT2D eigenvalue weighted by atomic mass is 32.2. The predicted octanol–water partition coefficient (Wildman–Crippen LogP) is 2.58. The van der Waals surface area contributed by atoms with E-state index < -0.39 is 0 Å². The van der Waals surface area contributed by atoms with Crippen LogP contribution in [0.4, 0.5) is 0 Å². The molecule has 3 heterocycles. The Morgan fingerprint density at radius 3 is 2.95 bits per heavy atom. The number of pyridine rings is 1. The summed E-state index contributed by atoms with van der Waals surface area (Å²) in [6.45, 7) is 4.03. The molecule has 0 aliphatic carbocycles. The molecule has 108 valence electrons. The molecule has 5 nitrogen and oxygen atoms in total. The van der Waals surface area contributed by atoms with E-state index in [0.29, 0.717) is 5.75 Å². The van der Waals surface area contributed by atoms with Gasteiger partial charge in [-0.05, 0) is 25.5 Å². The lowest BCUT2D eigenvalue weighted by Crippen LogP contribution is -2.15. The highest BCUT2D eigenvalue weighted by Crippen LogP contribution is 2.20. The molecule has 0 aromatic carbocycles. The third kappa shape index (κ3) is 2.71. The first-order chi connectivity index (χ1) is 10.2. The summed E-state index contributed by atoms with van der Waals surface area (Å²) in [5.41, 5.74) is 3.54. The van der Waals surface area contributed by atoms with Crippen molar-refractivity contribution in [2.75, 3.05) is 0 Å². The third-order valence-electron chi connectivity index (χ3n) is 3.33. The molecule has 3 aromatic rings. The second-order valence-corrected chi connectivity index (χ2v) is 5.77. The Balaban J connectivity index is 1.94. The Labute approximate surface area is 126 Å². The molecule has 0 radical (unpaired) electrons. The van der Waals surface area contributed by atoms with Crippen LogP contribution in [0.3, 0.4) is 0 Å². The van der Waals surface area contributed by atoms with Crippen molar-refractivity contribution in [3.63, 3.8) is 0 Å². The number of aromatic nitrogens is 4. The molecule has 1 N–H and O–H groups in total. The molecule has 0 atom stereocenters. The Morgan fingerprint density at radius 2 is 2.24 bits per heavy atom. The molecule has 0 amide bonds. The molecule has 0 unspecified atom stereocenters. The lowest BCUT2D eigenvalue weighted by atomic mass is 10.2. The maximum absolute atomic E-state index is 12.2. The number of nitrogens with zero attached hydrogens (tertiary/aromatic N) is 3. The van der Waals surface area contributed by atoms with Gasteiger partial charge in [0.1, 0.15) is 0 Å². The molecule has 6 heteroatoms. The maximum atomic E-state index is 12.2. The molecule has 0 spiro atoms. The number of thioether (sulfide) groups is 1. The van der Waals surface area contributed by atoms with Crippen molar-refractivity contribution in [1.82, 2.24) is 19.6 Å². The van der Waals surface area contributed by atoms with Gasteiger partial charge in [-0.15, -0.1) is 11.8 Å². The molecule has 0 fully saturated rings. The van der Waals surface area contributed by atoms with Gasteiger partial charge in [0.2, 0.25) is 0 Å². The monoisotopic (exact) mass is 300 g/mol. The van der Waals surface area contributed by atoms with Gasteiger partial charge in [-0.25, -0.2) is 14.5 Å². The van der Waals surface area contributed by atoms with E-state index in [9.17, 15) is 4.79 Å². The Hall–Kier alpha value is -2.08. The minimum Gasteiger partial charge on any atom is -0.294 e. The number of aromatic amines is 1. The second kappa shape index (κ2) is 5.73. The van der Waals surface area contributed by atoms with Gasteiger partial charge in [0.05, 0.1) is 10.7 Å². The van der Waals surface area contributed by atoms with Crippen LogP contribution in [-0.4, -0.2) is 19.6 Å². The first kappa shape index (κ1) is 13.9. The van der Waals surface area contributed by atoms with E-state index in [-0.39, 0.29) is 5.56 Å². The van der Waals surface area contributed by atoms with Gasteiger partial charge in [-0.3, -0.25) is 9.89 Å². The fourth-order valence-corrected chi connectivity index (χ4v) is 3.07. The molecule has 3 rings (SSSR count). The van der Waals surface area contributed by atoms with E-state index in [2.05, 4.69) is 22.0 Å². The van der Waals surface area contributed by atoms with Gasteiger partial charge in [-0.2, -0.15) is 0 Å². The van der Waals surface area contributed by atoms with E-state index in [4.69, 9.17) is 0 Å². The minimum atomic E-state index is -0.0700. The summed E-state index contributed by atoms with van der Waals surface area (Å²) in [6.07, 6.45) is 2.61. The van der Waals surface area contributed by atoms with Crippen molar-refractivity contribution >= 4 is 17.4 Å². The van der Waals surface area contributed by atoms with Crippen molar-refractivity contribution in [3.05, 3.63) is 57.8 Å². The number of aryl methyl sites for hydroxylation is 2. The molecule has 0 aliphatic rings. The molecular formula is C15H16N4OS. The van der Waals surface area contributed by atoms with Gasteiger partial charge in [0, 0.05) is 29.3 Å². The summed E-state index contributed by atoms with van der Waals surface area (Å²) in [7, 11) is 0. The minimum absolute atomic E-state index is 0.0700. The summed E-state index contributed by atoms with van der Waals surface area (Å²) in [5.74, 6) is 0.635. The van der Waals surface area contributed by atoms with E-state index in [0.717, 1.165) is 34.0 Å². The van der Waals surface area contributed by atoms with E-state index >= 15 is 0 Å². The molecule has 21 heavy (non-hydrogen) atoms. The number of H-pyrrole nitrogens is 1. The molecule has 3 aromatic heterocycles. The number of rotatable bonds is 4. The molecule has 0 saturated heterocycles. The molecule has 0 aliphatic heterocycles. The maximum Gasteiger partial charge on any atom is 0.272 e. The average Bonchev–Trinajstić information content (AvgIpc) is 2.82. The van der Waals surface area contributed by atoms with Crippen LogP contribution < -0.4 is 5.56 Å². The zero-order valence-electron chi connectivity index (χ0n) is 12.0. The molecule has 0 bridgehead atoms. The summed E-state index contributed by atoms with van der Waals surface area (Å²) in [6, 6.07) is 7.37. The number of hydrogen-bond donors (Lipinski definition) is 1. The topological polar surface area (TPSA) is 63.0 Å². The molecule has 0 saturated carbocycles. The zero-order chi connectivity index (χ0) is 14.8. The number of hydrogen-bond acceptors (Lipinski definition) is 4. The van der Waals surface area contributed by atoms with Gasteiger partial charge < -0.3 is 0 Å². The fourth-order valence-electron chi connectivity index (χ4n) is 2.32. The first-order valence-electron chi connectivity index (χ1n) is 6.83. The lowest BCUT2D eigenvalue weighted by Gasteiger charge is -2.02. The van der Waals surface area contributed by atoms with Gasteiger partial charge in [0.25, 0.3) is 5.56 Å². The Morgan fingerprint density at radius 1 is 1.38 bits per heavy atom. The van der Waals surface area contributed by atoms with E-state index in [1.807, 2.05) is 25.1 Å². The highest BCUT2D eigenvalue weighted by Gasteiger charge is 2.11. The van der Waals surface area contributed by atoms with Crippen LogP contribution in [0.2, 0.25) is 0 Å². The third-order valence-corrected chi connectivity index (χ3v) is 4.31. The summed E-state index contributed by atoms with van der Waals surface area (Å²) < 4.78 is 1.52. The second-order valence-electron chi connectivity index (χ2n) is 4.77. The van der Waals surface area contributed by atoms with Crippen LogP contribution in [0.15, 0.2) is 40.3 Å². The summed E-state index contributed by atoms with van der Waals surface area (Å²) in [4.78, 5) is 21.0. The standard InChI is InChI=1S/C15H16N4OS/c1-3-12-10(2)18-19-14(20)8-11(17-15(12)19)9-21-13-6-4-5-7-16-13/h4-8,18H,3,9H2,1-2H3. The van der Waals surface area contributed by atoms with Crippen molar-refractivity contribution in [3.8, 4) is 0 Å². The SMILES string of the molecule is CCc1c(C)[nH]n2c(=O)cc(CSc3ccccn3)nc12. The van der Waals surface area contributed by atoms with Crippen molar-refractivity contribution in [2.45, 2.75) is 31.0 Å². The van der Waals surface area contributed by atoms with Gasteiger partial charge >= 0.3 is 0 Å². The van der Waals surface area contributed by atoms with Crippen molar-refractivity contribution in [1.29, 1.82) is 0 Å². The fraction of sp³-hybridized carbons (Fsp3) is 0.267. The normalized spacial score (nSPS) is 11.1. The summed E-state index contributed by atoms with van der Waals surface area (Å²) >= 11 is 1.58. The van der Waals surface area contributed by atoms with Crippen LogP contribution in [0.5, 0.6) is 0 Å². The van der Waals surface area contributed by atoms with Gasteiger partial charge in [-0.1, -0.05) is 13.0 Å². The lowest BCUT2D eigenvalue weighted by molar-refractivity contribution is 0.871. The number of nitrogens with one attached hydrogen (secondary N) is 1. The summed E-state index contributed by atoms with van der Waals surface area (Å²) in [5, 5.41) is 4.00.